The Morgan fingerprint density at radius 3 is 2.69 bits per heavy atom. The number of thioether (sulfide) groups is 1. The van der Waals surface area contributed by atoms with Crippen molar-refractivity contribution in [1.29, 1.82) is 0 Å². The summed E-state index contributed by atoms with van der Waals surface area (Å²) in [6.45, 7) is 8.39. The second-order valence-electron chi connectivity index (χ2n) is 6.68. The molecule has 0 saturated carbocycles. The average Bonchev–Trinajstić information content (AvgIpc) is 3.11. The van der Waals surface area contributed by atoms with Gasteiger partial charge in [-0.25, -0.2) is 4.79 Å². The van der Waals surface area contributed by atoms with Crippen molar-refractivity contribution in [3.63, 3.8) is 0 Å². The van der Waals surface area contributed by atoms with Gasteiger partial charge in [-0.05, 0) is 31.4 Å². The zero-order valence-corrected chi connectivity index (χ0v) is 17.9. The van der Waals surface area contributed by atoms with E-state index in [2.05, 4.69) is 25.8 Å². The van der Waals surface area contributed by atoms with Crippen molar-refractivity contribution in [2.75, 3.05) is 25.5 Å². The van der Waals surface area contributed by atoms with E-state index in [-0.39, 0.29) is 11.7 Å². The van der Waals surface area contributed by atoms with Crippen LogP contribution in [0.2, 0.25) is 0 Å². The molecule has 2 heterocycles. The van der Waals surface area contributed by atoms with Gasteiger partial charge in [0.15, 0.2) is 11.0 Å². The summed E-state index contributed by atoms with van der Waals surface area (Å²) < 4.78 is 7.38. The van der Waals surface area contributed by atoms with E-state index in [0.29, 0.717) is 43.2 Å². The van der Waals surface area contributed by atoms with Gasteiger partial charge in [0, 0.05) is 44.3 Å². The monoisotopic (exact) mass is 420 g/mol. The maximum Gasteiger partial charge on any atom is 0.321 e. The highest BCUT2D eigenvalue weighted by Gasteiger charge is 2.16. The summed E-state index contributed by atoms with van der Waals surface area (Å²) in [5.41, 5.74) is 0.897. The summed E-state index contributed by atoms with van der Waals surface area (Å²) in [5, 5.41) is 14.1. The fourth-order valence-corrected chi connectivity index (χ4v) is 3.18. The molecule has 0 aliphatic heterocycles. The van der Waals surface area contributed by atoms with Crippen LogP contribution >= 0.6 is 11.8 Å². The van der Waals surface area contributed by atoms with Crippen LogP contribution in [0.15, 0.2) is 29.7 Å². The van der Waals surface area contributed by atoms with Crippen molar-refractivity contribution in [2.24, 2.45) is 5.92 Å². The van der Waals surface area contributed by atoms with Crippen molar-refractivity contribution in [2.45, 2.75) is 38.9 Å². The van der Waals surface area contributed by atoms with Gasteiger partial charge in [0.05, 0.1) is 5.75 Å². The number of carbonyl (C=O) groups excluding carboxylic acids is 2. The van der Waals surface area contributed by atoms with Crippen molar-refractivity contribution < 1.29 is 14.3 Å². The van der Waals surface area contributed by atoms with Gasteiger partial charge < -0.3 is 14.6 Å². The summed E-state index contributed by atoms with van der Waals surface area (Å²) in [6.07, 6.45) is 4.19. The standard InChI is InChI=1S/C19H28N6O3S/c1-4-28-11-5-10-25-17(15-6-8-20-9-7-15)23-24-19(25)29-13-16(26)22-18(27)21-12-14(2)3/h6-9,14H,4-5,10-13H2,1-3H3,(H2,21,22,26,27). The van der Waals surface area contributed by atoms with Gasteiger partial charge in [-0.2, -0.15) is 0 Å². The lowest BCUT2D eigenvalue weighted by Gasteiger charge is -2.11. The predicted molar refractivity (Wildman–Crippen MR) is 111 cm³/mol. The number of hydrogen-bond donors (Lipinski definition) is 2. The van der Waals surface area contributed by atoms with Crippen LogP contribution in [0.3, 0.4) is 0 Å². The molecule has 0 bridgehead atoms. The molecule has 29 heavy (non-hydrogen) atoms. The third kappa shape index (κ3) is 7.82. The Morgan fingerprint density at radius 1 is 1.24 bits per heavy atom. The first-order valence-corrected chi connectivity index (χ1v) is 10.6. The Hall–Kier alpha value is -2.46. The maximum atomic E-state index is 12.1. The number of rotatable bonds is 11. The van der Waals surface area contributed by atoms with Crippen molar-refractivity contribution >= 4 is 23.7 Å². The van der Waals surface area contributed by atoms with Gasteiger partial charge in [-0.3, -0.25) is 15.1 Å². The van der Waals surface area contributed by atoms with Crippen LogP contribution in [-0.4, -0.2) is 57.2 Å². The van der Waals surface area contributed by atoms with E-state index < -0.39 is 6.03 Å². The number of aromatic nitrogens is 4. The largest absolute Gasteiger partial charge is 0.382 e. The minimum Gasteiger partial charge on any atom is -0.382 e. The number of imide groups is 1. The molecule has 3 amide bonds. The van der Waals surface area contributed by atoms with Crippen molar-refractivity contribution in [3.8, 4) is 11.4 Å². The molecule has 0 atom stereocenters. The quantitative estimate of drug-likeness (QED) is 0.424. The number of carbonyl (C=O) groups is 2. The van der Waals surface area contributed by atoms with Gasteiger partial charge in [0.2, 0.25) is 5.91 Å². The molecule has 0 spiro atoms. The molecule has 2 rings (SSSR count). The van der Waals surface area contributed by atoms with E-state index >= 15 is 0 Å². The lowest BCUT2D eigenvalue weighted by atomic mass is 10.2. The predicted octanol–water partition coefficient (Wildman–Crippen LogP) is 2.34. The van der Waals surface area contributed by atoms with Gasteiger partial charge in [-0.15, -0.1) is 10.2 Å². The molecule has 2 aromatic heterocycles. The maximum absolute atomic E-state index is 12.1. The summed E-state index contributed by atoms with van der Waals surface area (Å²) in [5.74, 6) is 0.703. The SMILES string of the molecule is CCOCCCn1c(SCC(=O)NC(=O)NCC(C)C)nnc1-c1ccncc1. The molecule has 10 heteroatoms. The molecule has 2 aromatic rings. The Morgan fingerprint density at radius 2 is 2.00 bits per heavy atom. The Balaban J connectivity index is 2.00. The number of pyridine rings is 1. The zero-order chi connectivity index (χ0) is 21.1. The molecular formula is C19H28N6O3S. The van der Waals surface area contributed by atoms with Crippen LogP contribution in [0.1, 0.15) is 27.2 Å². The van der Waals surface area contributed by atoms with Gasteiger partial charge in [-0.1, -0.05) is 25.6 Å². The average molecular weight is 421 g/mol. The normalized spacial score (nSPS) is 10.9. The first-order valence-electron chi connectivity index (χ1n) is 9.63. The smallest absolute Gasteiger partial charge is 0.321 e. The molecule has 0 aromatic carbocycles. The molecule has 0 aliphatic carbocycles. The molecule has 2 N–H and O–H groups in total. The summed E-state index contributed by atoms with van der Waals surface area (Å²) >= 11 is 1.24. The summed E-state index contributed by atoms with van der Waals surface area (Å²) in [4.78, 5) is 27.8. The van der Waals surface area contributed by atoms with E-state index in [4.69, 9.17) is 4.74 Å². The molecular weight excluding hydrogens is 392 g/mol. The summed E-state index contributed by atoms with van der Waals surface area (Å²) in [6, 6.07) is 3.24. The molecule has 158 valence electrons. The molecule has 0 radical (unpaired) electrons. The topological polar surface area (TPSA) is 111 Å². The number of nitrogens with one attached hydrogen (secondary N) is 2. The van der Waals surface area contributed by atoms with Crippen LogP contribution in [0.5, 0.6) is 0 Å². The minimum absolute atomic E-state index is 0.0645. The molecule has 0 aliphatic rings. The third-order valence-corrected chi connectivity index (χ3v) is 4.75. The molecule has 0 fully saturated rings. The first kappa shape index (κ1) is 22.8. The minimum atomic E-state index is -0.486. The number of ether oxygens (including phenoxy) is 1. The number of amides is 3. The van der Waals surface area contributed by atoms with E-state index in [1.807, 2.05) is 37.5 Å². The number of nitrogens with zero attached hydrogens (tertiary/aromatic N) is 4. The fraction of sp³-hybridized carbons (Fsp3) is 0.526. The zero-order valence-electron chi connectivity index (χ0n) is 17.1. The highest BCUT2D eigenvalue weighted by molar-refractivity contribution is 7.99. The first-order chi connectivity index (χ1) is 14.0. The molecule has 9 nitrogen and oxygen atoms in total. The third-order valence-electron chi connectivity index (χ3n) is 3.79. The second kappa shape index (κ2) is 12.2. The van der Waals surface area contributed by atoms with E-state index in [1.54, 1.807) is 12.4 Å². The lowest BCUT2D eigenvalue weighted by Crippen LogP contribution is -2.41. The van der Waals surface area contributed by atoms with E-state index in [9.17, 15) is 9.59 Å². The summed E-state index contributed by atoms with van der Waals surface area (Å²) in [7, 11) is 0. The van der Waals surface area contributed by atoms with E-state index in [1.165, 1.54) is 11.8 Å². The molecule has 0 saturated heterocycles. The van der Waals surface area contributed by atoms with E-state index in [0.717, 1.165) is 12.0 Å². The van der Waals surface area contributed by atoms with Gasteiger partial charge >= 0.3 is 6.03 Å². The van der Waals surface area contributed by atoms with Crippen LogP contribution < -0.4 is 10.6 Å². The Bertz CT molecular complexity index is 782. The highest BCUT2D eigenvalue weighted by atomic mass is 32.2. The lowest BCUT2D eigenvalue weighted by molar-refractivity contribution is -0.117. The Kier molecular flexibility index (Phi) is 9.58. The van der Waals surface area contributed by atoms with Crippen molar-refractivity contribution in [3.05, 3.63) is 24.5 Å². The van der Waals surface area contributed by atoms with Gasteiger partial charge in [0.25, 0.3) is 0 Å². The van der Waals surface area contributed by atoms with Crippen LogP contribution in [0.25, 0.3) is 11.4 Å². The van der Waals surface area contributed by atoms with Crippen LogP contribution in [0, 0.1) is 5.92 Å². The molecule has 0 unspecified atom stereocenters. The van der Waals surface area contributed by atoms with Crippen LogP contribution in [-0.2, 0) is 16.1 Å². The number of urea groups is 1. The highest BCUT2D eigenvalue weighted by Crippen LogP contribution is 2.24. The Labute approximate surface area is 175 Å². The number of hydrogen-bond acceptors (Lipinski definition) is 7. The second-order valence-corrected chi connectivity index (χ2v) is 7.63. The van der Waals surface area contributed by atoms with Crippen molar-refractivity contribution in [1.82, 2.24) is 30.4 Å². The fourth-order valence-electron chi connectivity index (χ4n) is 2.41. The van der Waals surface area contributed by atoms with Crippen LogP contribution in [0.4, 0.5) is 4.79 Å². The van der Waals surface area contributed by atoms with Gasteiger partial charge in [0.1, 0.15) is 0 Å².